The molecule has 0 atom stereocenters. The van der Waals surface area contributed by atoms with E-state index in [4.69, 9.17) is 17.3 Å². The SMILES string of the molecule is CCN(CC(=O)OC)S(=O)(=O)c1ccc(N)cc1Cl. The van der Waals surface area contributed by atoms with Crippen molar-refractivity contribution in [2.45, 2.75) is 11.8 Å². The minimum atomic E-state index is -3.86. The van der Waals surface area contributed by atoms with E-state index in [9.17, 15) is 13.2 Å². The Morgan fingerprint density at radius 2 is 2.11 bits per heavy atom. The lowest BCUT2D eigenvalue weighted by molar-refractivity contribution is -0.140. The Labute approximate surface area is 117 Å². The lowest BCUT2D eigenvalue weighted by Gasteiger charge is -2.19. The van der Waals surface area contributed by atoms with Crippen molar-refractivity contribution in [1.82, 2.24) is 4.31 Å². The van der Waals surface area contributed by atoms with Crippen LogP contribution in [0.5, 0.6) is 0 Å². The molecule has 1 aromatic carbocycles. The summed E-state index contributed by atoms with van der Waals surface area (Å²) in [6, 6.07) is 4.10. The number of hydrogen-bond donors (Lipinski definition) is 1. The second kappa shape index (κ2) is 6.23. The van der Waals surface area contributed by atoms with E-state index in [2.05, 4.69) is 4.74 Å². The quantitative estimate of drug-likeness (QED) is 0.650. The third-order valence-electron chi connectivity index (χ3n) is 2.46. The van der Waals surface area contributed by atoms with Crippen molar-refractivity contribution in [3.8, 4) is 0 Å². The number of likely N-dealkylation sites (N-methyl/N-ethyl adjacent to an activating group) is 1. The van der Waals surface area contributed by atoms with Crippen LogP contribution < -0.4 is 5.73 Å². The average molecular weight is 307 g/mol. The first-order chi connectivity index (χ1) is 8.82. The maximum atomic E-state index is 12.3. The van der Waals surface area contributed by atoms with Gasteiger partial charge in [0, 0.05) is 12.2 Å². The van der Waals surface area contributed by atoms with E-state index < -0.39 is 16.0 Å². The number of esters is 1. The topological polar surface area (TPSA) is 89.7 Å². The van der Waals surface area contributed by atoms with Gasteiger partial charge in [-0.3, -0.25) is 4.79 Å². The molecule has 1 rings (SSSR count). The Balaban J connectivity index is 3.17. The number of hydrogen-bond acceptors (Lipinski definition) is 5. The molecule has 0 bridgehead atoms. The maximum absolute atomic E-state index is 12.3. The molecular formula is C11H15ClN2O4S. The van der Waals surface area contributed by atoms with Crippen molar-refractivity contribution < 1.29 is 17.9 Å². The molecule has 0 aliphatic rings. The summed E-state index contributed by atoms with van der Waals surface area (Å²) >= 11 is 5.88. The van der Waals surface area contributed by atoms with Gasteiger partial charge in [-0.2, -0.15) is 4.31 Å². The summed E-state index contributed by atoms with van der Waals surface area (Å²) < 4.78 is 30.1. The highest BCUT2D eigenvalue weighted by Gasteiger charge is 2.27. The molecular weight excluding hydrogens is 292 g/mol. The van der Waals surface area contributed by atoms with Gasteiger partial charge < -0.3 is 10.5 Å². The molecule has 0 fully saturated rings. The van der Waals surface area contributed by atoms with Crippen LogP contribution in [0.1, 0.15) is 6.92 Å². The first-order valence-electron chi connectivity index (χ1n) is 5.45. The van der Waals surface area contributed by atoms with Crippen molar-refractivity contribution in [2.75, 3.05) is 25.9 Å². The lowest BCUT2D eigenvalue weighted by atomic mass is 10.3. The monoisotopic (exact) mass is 306 g/mol. The van der Waals surface area contributed by atoms with E-state index in [1.165, 1.54) is 25.3 Å². The number of nitrogens with two attached hydrogens (primary N) is 1. The van der Waals surface area contributed by atoms with Crippen molar-refractivity contribution in [3.05, 3.63) is 23.2 Å². The third kappa shape index (κ3) is 3.59. The Kier molecular flexibility index (Phi) is 5.16. The average Bonchev–Trinajstić information content (AvgIpc) is 2.34. The van der Waals surface area contributed by atoms with Gasteiger partial charge in [0.05, 0.1) is 12.1 Å². The first-order valence-corrected chi connectivity index (χ1v) is 7.26. The first kappa shape index (κ1) is 15.7. The number of nitrogens with zero attached hydrogens (tertiary/aromatic N) is 1. The van der Waals surface area contributed by atoms with Crippen LogP contribution in [-0.4, -0.2) is 38.9 Å². The summed E-state index contributed by atoms with van der Waals surface area (Å²) in [6.45, 7) is 1.37. The summed E-state index contributed by atoms with van der Waals surface area (Å²) in [6.07, 6.45) is 0. The van der Waals surface area contributed by atoms with Gasteiger partial charge in [0.15, 0.2) is 0 Å². The molecule has 0 heterocycles. The van der Waals surface area contributed by atoms with Crippen LogP contribution in [0, 0.1) is 0 Å². The zero-order valence-electron chi connectivity index (χ0n) is 10.6. The van der Waals surface area contributed by atoms with Crippen LogP contribution in [0.15, 0.2) is 23.1 Å². The van der Waals surface area contributed by atoms with Gasteiger partial charge >= 0.3 is 5.97 Å². The van der Waals surface area contributed by atoms with Gasteiger partial charge in [-0.05, 0) is 18.2 Å². The Bertz CT molecular complexity index is 574. The number of ether oxygens (including phenoxy) is 1. The Morgan fingerprint density at radius 3 is 2.58 bits per heavy atom. The summed E-state index contributed by atoms with van der Waals surface area (Å²) in [5, 5.41) is 0.0170. The molecule has 8 heteroatoms. The number of rotatable bonds is 5. The second-order valence-corrected chi connectivity index (χ2v) is 6.01. The molecule has 2 N–H and O–H groups in total. The largest absolute Gasteiger partial charge is 0.468 e. The molecule has 0 saturated heterocycles. The Hall–Kier alpha value is -1.31. The van der Waals surface area contributed by atoms with Crippen LogP contribution in [0.4, 0.5) is 5.69 Å². The zero-order valence-corrected chi connectivity index (χ0v) is 12.2. The normalized spacial score (nSPS) is 11.6. The fraction of sp³-hybridized carbons (Fsp3) is 0.364. The number of carbonyl (C=O) groups is 1. The number of carbonyl (C=O) groups excluding carboxylic acids is 1. The minimum Gasteiger partial charge on any atom is -0.468 e. The van der Waals surface area contributed by atoms with Crippen LogP contribution in [-0.2, 0) is 19.6 Å². The Morgan fingerprint density at radius 1 is 1.47 bits per heavy atom. The summed E-state index contributed by atoms with van der Waals surface area (Å²) in [5.74, 6) is -0.642. The van der Waals surface area contributed by atoms with Gasteiger partial charge in [0.1, 0.15) is 11.4 Å². The van der Waals surface area contributed by atoms with Crippen molar-refractivity contribution in [2.24, 2.45) is 0 Å². The zero-order chi connectivity index (χ0) is 14.6. The van der Waals surface area contributed by atoms with Gasteiger partial charge in [-0.25, -0.2) is 8.42 Å². The van der Waals surface area contributed by atoms with Crippen molar-refractivity contribution in [3.63, 3.8) is 0 Å². The highest BCUT2D eigenvalue weighted by atomic mass is 35.5. The van der Waals surface area contributed by atoms with Crippen LogP contribution >= 0.6 is 11.6 Å². The van der Waals surface area contributed by atoms with Gasteiger partial charge in [0.2, 0.25) is 10.0 Å². The minimum absolute atomic E-state index is 0.0170. The van der Waals surface area contributed by atoms with E-state index in [1.807, 2.05) is 0 Å². The molecule has 0 spiro atoms. The fourth-order valence-electron chi connectivity index (χ4n) is 1.44. The fourth-order valence-corrected chi connectivity index (χ4v) is 3.36. The standard InChI is InChI=1S/C11H15ClN2O4S/c1-3-14(7-11(15)18-2)19(16,17)10-5-4-8(13)6-9(10)12/h4-6H,3,7,13H2,1-2H3. The molecule has 0 unspecified atom stereocenters. The van der Waals surface area contributed by atoms with E-state index >= 15 is 0 Å². The predicted octanol–water partition coefficient (Wildman–Crippen LogP) is 1.11. The highest BCUT2D eigenvalue weighted by Crippen LogP contribution is 2.26. The number of nitrogen functional groups attached to an aromatic ring is 1. The summed E-state index contributed by atoms with van der Waals surface area (Å²) in [4.78, 5) is 11.1. The van der Waals surface area contributed by atoms with Crippen molar-refractivity contribution >= 4 is 33.3 Å². The lowest BCUT2D eigenvalue weighted by Crippen LogP contribution is -2.36. The molecule has 19 heavy (non-hydrogen) atoms. The maximum Gasteiger partial charge on any atom is 0.321 e. The number of halogens is 1. The van der Waals surface area contributed by atoms with Crippen LogP contribution in [0.25, 0.3) is 0 Å². The van der Waals surface area contributed by atoms with E-state index in [0.717, 1.165) is 4.31 Å². The number of benzene rings is 1. The molecule has 0 aliphatic heterocycles. The van der Waals surface area contributed by atoms with E-state index in [1.54, 1.807) is 6.92 Å². The van der Waals surface area contributed by atoms with E-state index in [0.29, 0.717) is 5.69 Å². The predicted molar refractivity (Wildman–Crippen MR) is 72.3 cm³/mol. The number of methoxy groups -OCH3 is 1. The number of sulfonamides is 1. The van der Waals surface area contributed by atoms with Crippen LogP contribution in [0.3, 0.4) is 0 Å². The van der Waals surface area contributed by atoms with Crippen LogP contribution in [0.2, 0.25) is 5.02 Å². The van der Waals surface area contributed by atoms with Gasteiger partial charge in [-0.1, -0.05) is 18.5 Å². The molecule has 0 radical (unpaired) electrons. The second-order valence-electron chi connectivity index (χ2n) is 3.70. The number of anilines is 1. The smallest absolute Gasteiger partial charge is 0.321 e. The molecule has 6 nitrogen and oxygen atoms in total. The molecule has 0 aromatic heterocycles. The molecule has 0 aliphatic carbocycles. The van der Waals surface area contributed by atoms with Gasteiger partial charge in [0.25, 0.3) is 0 Å². The van der Waals surface area contributed by atoms with Gasteiger partial charge in [-0.15, -0.1) is 0 Å². The third-order valence-corrected chi connectivity index (χ3v) is 4.86. The molecule has 0 amide bonds. The summed E-state index contributed by atoms with van der Waals surface area (Å²) in [7, 11) is -2.67. The van der Waals surface area contributed by atoms with Crippen molar-refractivity contribution in [1.29, 1.82) is 0 Å². The highest BCUT2D eigenvalue weighted by molar-refractivity contribution is 7.89. The molecule has 0 saturated carbocycles. The van der Waals surface area contributed by atoms with E-state index in [-0.39, 0.29) is 23.0 Å². The molecule has 106 valence electrons. The summed E-state index contributed by atoms with van der Waals surface area (Å²) in [5.41, 5.74) is 5.88. The molecule has 1 aromatic rings.